The fourth-order valence-corrected chi connectivity index (χ4v) is 3.40. The number of hydrogen-bond acceptors (Lipinski definition) is 3. The maximum atomic E-state index is 12.2. The van der Waals surface area contributed by atoms with Crippen molar-refractivity contribution in [1.29, 1.82) is 0 Å². The van der Waals surface area contributed by atoms with E-state index in [1.165, 1.54) is 0 Å². The number of hydrogen-bond donors (Lipinski definition) is 1. The summed E-state index contributed by atoms with van der Waals surface area (Å²) in [6.45, 7) is 2.53. The van der Waals surface area contributed by atoms with Gasteiger partial charge in [-0.1, -0.05) is 35.9 Å². The molecule has 1 aromatic heterocycles. The average molecular weight is 399 g/mol. The molecule has 3 rings (SSSR count). The molecule has 1 heterocycles. The summed E-state index contributed by atoms with van der Waals surface area (Å²) in [4.78, 5) is 19.2. The number of rotatable bonds is 9. The normalized spacial score (nSPS) is 11.3. The molecule has 3 aromatic rings. The largest absolute Gasteiger partial charge is 0.355 e. The third-order valence-corrected chi connectivity index (χ3v) is 4.92. The number of halogens is 1. The number of imidazole rings is 1. The van der Waals surface area contributed by atoms with Gasteiger partial charge in [0.05, 0.1) is 17.5 Å². The molecule has 0 bridgehead atoms. The Balaban J connectivity index is 1.59. The molecule has 0 unspecified atom stereocenters. The molecule has 28 heavy (non-hydrogen) atoms. The standard InChI is InChI=1S/C22H27ClN4O/c1-26(2)14-5-15-27-20-7-4-3-6-19(20)25-21(27)12-13-24-22(28)16-17-8-10-18(23)11-9-17/h3-4,6-11H,5,12-16H2,1-2H3,(H,24,28). The van der Waals surface area contributed by atoms with Crippen LogP contribution in [0.4, 0.5) is 0 Å². The lowest BCUT2D eigenvalue weighted by atomic mass is 10.1. The highest BCUT2D eigenvalue weighted by Crippen LogP contribution is 2.17. The molecular weight excluding hydrogens is 372 g/mol. The number of fused-ring (bicyclic) bond motifs is 1. The van der Waals surface area contributed by atoms with E-state index in [2.05, 4.69) is 34.9 Å². The second-order valence-electron chi connectivity index (χ2n) is 7.23. The van der Waals surface area contributed by atoms with Crippen molar-refractivity contribution in [3.8, 4) is 0 Å². The van der Waals surface area contributed by atoms with Gasteiger partial charge in [0.2, 0.25) is 5.91 Å². The first kappa shape index (κ1) is 20.4. The van der Waals surface area contributed by atoms with Gasteiger partial charge >= 0.3 is 0 Å². The van der Waals surface area contributed by atoms with Gasteiger partial charge in [-0.25, -0.2) is 4.98 Å². The molecule has 0 aliphatic carbocycles. The number of aryl methyl sites for hydroxylation is 1. The number of para-hydroxylation sites is 2. The Hall–Kier alpha value is -2.37. The summed E-state index contributed by atoms with van der Waals surface area (Å²) < 4.78 is 2.28. The first-order valence-electron chi connectivity index (χ1n) is 9.63. The first-order chi connectivity index (χ1) is 13.5. The Morgan fingerprint density at radius 1 is 1.14 bits per heavy atom. The minimum atomic E-state index is 0.0117. The van der Waals surface area contributed by atoms with Crippen molar-refractivity contribution < 1.29 is 4.79 Å². The van der Waals surface area contributed by atoms with Crippen molar-refractivity contribution >= 4 is 28.5 Å². The van der Waals surface area contributed by atoms with Crippen molar-refractivity contribution in [2.24, 2.45) is 0 Å². The molecule has 0 atom stereocenters. The Morgan fingerprint density at radius 3 is 2.64 bits per heavy atom. The summed E-state index contributed by atoms with van der Waals surface area (Å²) in [6.07, 6.45) is 2.13. The van der Waals surface area contributed by atoms with E-state index >= 15 is 0 Å². The number of nitrogens with one attached hydrogen (secondary N) is 1. The van der Waals surface area contributed by atoms with Crippen LogP contribution in [0.2, 0.25) is 5.02 Å². The lowest BCUT2D eigenvalue weighted by Gasteiger charge is -2.13. The fraction of sp³-hybridized carbons (Fsp3) is 0.364. The van der Waals surface area contributed by atoms with E-state index < -0.39 is 0 Å². The van der Waals surface area contributed by atoms with Gasteiger partial charge in [-0.15, -0.1) is 0 Å². The molecule has 0 fully saturated rings. The van der Waals surface area contributed by atoms with Crippen LogP contribution in [-0.4, -0.2) is 47.5 Å². The van der Waals surface area contributed by atoms with E-state index in [0.717, 1.165) is 41.9 Å². The van der Waals surface area contributed by atoms with Crippen molar-refractivity contribution in [2.75, 3.05) is 27.2 Å². The molecule has 0 spiro atoms. The average Bonchev–Trinajstić information content (AvgIpc) is 3.01. The summed E-state index contributed by atoms with van der Waals surface area (Å²) in [5.74, 6) is 1.03. The van der Waals surface area contributed by atoms with Crippen LogP contribution in [0.25, 0.3) is 11.0 Å². The Kier molecular flexibility index (Phi) is 7.06. The smallest absolute Gasteiger partial charge is 0.224 e. The molecule has 5 nitrogen and oxygen atoms in total. The van der Waals surface area contributed by atoms with Gasteiger partial charge in [0, 0.05) is 24.5 Å². The predicted octanol–water partition coefficient (Wildman–Crippen LogP) is 3.54. The van der Waals surface area contributed by atoms with Crippen LogP contribution in [0.3, 0.4) is 0 Å². The van der Waals surface area contributed by atoms with E-state index in [0.29, 0.717) is 24.4 Å². The van der Waals surface area contributed by atoms with Gasteiger partial charge in [-0.2, -0.15) is 0 Å². The summed E-state index contributed by atoms with van der Waals surface area (Å²) in [7, 11) is 4.17. The zero-order valence-corrected chi connectivity index (χ0v) is 17.2. The van der Waals surface area contributed by atoms with E-state index in [1.807, 2.05) is 30.3 Å². The van der Waals surface area contributed by atoms with Crippen molar-refractivity contribution in [3.63, 3.8) is 0 Å². The highest BCUT2D eigenvalue weighted by atomic mass is 35.5. The highest BCUT2D eigenvalue weighted by molar-refractivity contribution is 6.30. The zero-order valence-electron chi connectivity index (χ0n) is 16.5. The molecule has 1 N–H and O–H groups in total. The Labute approximate surface area is 171 Å². The Bertz CT molecular complexity index is 918. The molecule has 1 amide bonds. The second kappa shape index (κ2) is 9.71. The van der Waals surface area contributed by atoms with Gasteiger partial charge in [-0.05, 0) is 56.9 Å². The predicted molar refractivity (Wildman–Crippen MR) is 115 cm³/mol. The minimum Gasteiger partial charge on any atom is -0.355 e. The zero-order chi connectivity index (χ0) is 19.9. The number of amides is 1. The third kappa shape index (κ3) is 5.57. The monoisotopic (exact) mass is 398 g/mol. The van der Waals surface area contributed by atoms with E-state index in [9.17, 15) is 4.79 Å². The van der Waals surface area contributed by atoms with Crippen LogP contribution in [0.5, 0.6) is 0 Å². The molecular formula is C22H27ClN4O. The van der Waals surface area contributed by atoms with Gasteiger partial charge in [0.15, 0.2) is 0 Å². The van der Waals surface area contributed by atoms with Gasteiger partial charge < -0.3 is 14.8 Å². The molecule has 148 valence electrons. The topological polar surface area (TPSA) is 50.2 Å². The molecule has 2 aromatic carbocycles. The fourth-order valence-electron chi connectivity index (χ4n) is 3.27. The number of benzene rings is 2. The van der Waals surface area contributed by atoms with E-state index in [4.69, 9.17) is 16.6 Å². The minimum absolute atomic E-state index is 0.0117. The number of carbonyl (C=O) groups excluding carboxylic acids is 1. The molecule has 0 saturated carbocycles. The van der Waals surface area contributed by atoms with Crippen molar-refractivity contribution in [1.82, 2.24) is 19.8 Å². The van der Waals surface area contributed by atoms with Crippen molar-refractivity contribution in [3.05, 3.63) is 64.9 Å². The van der Waals surface area contributed by atoms with Gasteiger partial charge in [0.1, 0.15) is 5.82 Å². The van der Waals surface area contributed by atoms with Crippen LogP contribution in [0, 0.1) is 0 Å². The first-order valence-corrected chi connectivity index (χ1v) is 10.0. The van der Waals surface area contributed by atoms with Crippen LogP contribution in [-0.2, 0) is 24.2 Å². The second-order valence-corrected chi connectivity index (χ2v) is 7.66. The van der Waals surface area contributed by atoms with Crippen LogP contribution in [0.1, 0.15) is 17.8 Å². The maximum Gasteiger partial charge on any atom is 0.224 e. The highest BCUT2D eigenvalue weighted by Gasteiger charge is 2.11. The maximum absolute atomic E-state index is 12.2. The summed E-state index contributed by atoms with van der Waals surface area (Å²) in [5, 5.41) is 3.68. The molecule has 0 saturated heterocycles. The van der Waals surface area contributed by atoms with Gasteiger partial charge in [0.25, 0.3) is 0 Å². The molecule has 0 aliphatic heterocycles. The molecule has 0 aliphatic rings. The molecule has 6 heteroatoms. The summed E-state index contributed by atoms with van der Waals surface area (Å²) >= 11 is 5.89. The van der Waals surface area contributed by atoms with Crippen LogP contribution >= 0.6 is 11.6 Å². The van der Waals surface area contributed by atoms with Crippen molar-refractivity contribution in [2.45, 2.75) is 25.8 Å². The van der Waals surface area contributed by atoms with Crippen LogP contribution in [0.15, 0.2) is 48.5 Å². The lowest BCUT2D eigenvalue weighted by Crippen LogP contribution is -2.28. The summed E-state index contributed by atoms with van der Waals surface area (Å²) in [6, 6.07) is 15.6. The van der Waals surface area contributed by atoms with E-state index in [-0.39, 0.29) is 5.91 Å². The van der Waals surface area contributed by atoms with Crippen LogP contribution < -0.4 is 5.32 Å². The Morgan fingerprint density at radius 2 is 1.89 bits per heavy atom. The number of carbonyl (C=O) groups is 1. The van der Waals surface area contributed by atoms with E-state index in [1.54, 1.807) is 12.1 Å². The lowest BCUT2D eigenvalue weighted by molar-refractivity contribution is -0.120. The quantitative estimate of drug-likeness (QED) is 0.599. The molecule has 0 radical (unpaired) electrons. The summed E-state index contributed by atoms with van der Waals surface area (Å²) in [5.41, 5.74) is 3.12. The number of nitrogens with zero attached hydrogens (tertiary/aromatic N) is 3. The number of aromatic nitrogens is 2. The third-order valence-electron chi connectivity index (χ3n) is 4.67. The van der Waals surface area contributed by atoms with Gasteiger partial charge in [-0.3, -0.25) is 4.79 Å². The SMILES string of the molecule is CN(C)CCCn1c(CCNC(=O)Cc2ccc(Cl)cc2)nc2ccccc21.